The van der Waals surface area contributed by atoms with Crippen molar-refractivity contribution in [1.29, 1.82) is 0 Å². The number of hydrogen-bond acceptors (Lipinski definition) is 1. The van der Waals surface area contributed by atoms with E-state index in [1.165, 1.54) is 0 Å². The average Bonchev–Trinajstić information content (AvgIpc) is 1.31. The van der Waals surface area contributed by atoms with Crippen LogP contribution in [0.2, 0.25) is 3.12 Å². The van der Waals surface area contributed by atoms with Crippen molar-refractivity contribution in [2.24, 2.45) is 0 Å². The SMILES string of the molecule is C[C](C)([BiH2])C(=O)O. The summed E-state index contributed by atoms with van der Waals surface area (Å²) >= 11 is 0.523. The number of carboxylic acid groups (broad SMARTS) is 1. The summed E-state index contributed by atoms with van der Waals surface area (Å²) in [6.45, 7) is 3.47. The Morgan fingerprint density at radius 1 is 1.71 bits per heavy atom. The van der Waals surface area contributed by atoms with Gasteiger partial charge in [-0.1, -0.05) is 0 Å². The molecule has 3 heteroatoms. The van der Waals surface area contributed by atoms with E-state index in [1.54, 1.807) is 13.8 Å². The predicted octanol–water partition coefficient (Wildman–Crippen LogP) is -0.0974. The van der Waals surface area contributed by atoms with Gasteiger partial charge in [0.05, 0.1) is 0 Å². The van der Waals surface area contributed by atoms with Crippen molar-refractivity contribution in [1.82, 2.24) is 0 Å². The van der Waals surface area contributed by atoms with E-state index in [4.69, 9.17) is 5.11 Å². The first kappa shape index (κ1) is 7.35. The molecule has 0 heterocycles. The van der Waals surface area contributed by atoms with Crippen molar-refractivity contribution in [2.45, 2.75) is 17.0 Å². The molecule has 2 nitrogen and oxygen atoms in total. The van der Waals surface area contributed by atoms with E-state index < -0.39 is 9.09 Å². The third-order valence-corrected chi connectivity index (χ3v) is 1.51. The molecule has 0 unspecified atom stereocenters. The van der Waals surface area contributed by atoms with Crippen LogP contribution in [0.25, 0.3) is 0 Å². The first-order valence-electron chi connectivity index (χ1n) is 1.97. The molecule has 0 aliphatic rings. The van der Waals surface area contributed by atoms with E-state index in [0.29, 0.717) is 24.7 Å². The summed E-state index contributed by atoms with van der Waals surface area (Å²) in [7, 11) is 0. The van der Waals surface area contributed by atoms with Crippen LogP contribution < -0.4 is 0 Å². The van der Waals surface area contributed by atoms with E-state index in [1.807, 2.05) is 0 Å². The molecule has 1 N–H and O–H groups in total. The van der Waals surface area contributed by atoms with Crippen molar-refractivity contribution in [3.63, 3.8) is 0 Å². The Kier molecular flexibility index (Phi) is 2.19. The molecule has 0 aromatic rings. The zero-order chi connectivity index (χ0) is 6.08. The van der Waals surface area contributed by atoms with Gasteiger partial charge in [0.2, 0.25) is 0 Å². The van der Waals surface area contributed by atoms with Crippen molar-refractivity contribution in [3.8, 4) is 0 Å². The fourth-order valence-corrected chi connectivity index (χ4v) is 0. The van der Waals surface area contributed by atoms with Gasteiger partial charge in [0.15, 0.2) is 0 Å². The van der Waals surface area contributed by atoms with Crippen LogP contribution in [-0.2, 0) is 4.79 Å². The van der Waals surface area contributed by atoms with Crippen molar-refractivity contribution < 1.29 is 9.90 Å². The van der Waals surface area contributed by atoms with Gasteiger partial charge in [-0.05, 0) is 0 Å². The second-order valence-corrected chi connectivity index (χ2v) is 7.64. The van der Waals surface area contributed by atoms with Crippen LogP contribution in [0, 0.1) is 0 Å². The number of carboxylic acids is 1. The molecule has 0 radical (unpaired) electrons. The molecule has 0 aliphatic carbocycles. The van der Waals surface area contributed by atoms with Crippen molar-refractivity contribution in [2.75, 3.05) is 0 Å². The summed E-state index contributed by atoms with van der Waals surface area (Å²) < 4.78 is -0.417. The topological polar surface area (TPSA) is 37.3 Å². The van der Waals surface area contributed by atoms with Crippen LogP contribution in [-0.4, -0.2) is 35.8 Å². The molecule has 0 saturated heterocycles. The summed E-state index contributed by atoms with van der Waals surface area (Å²) in [5, 5.41) is 8.29. The number of aliphatic carboxylic acids is 1. The molecule has 42 valence electrons. The molecule has 0 aromatic heterocycles. The Morgan fingerprint density at radius 2 is 1.86 bits per heavy atom. The standard InChI is InChI=1S/C4H7O2.Bi.2H/c1-3(2)4(5)6;;;/h1-2H3,(H,5,6);;;. The molecule has 0 saturated carbocycles. The minimum atomic E-state index is -0.683. The van der Waals surface area contributed by atoms with Gasteiger partial charge in [-0.3, -0.25) is 0 Å². The summed E-state index contributed by atoms with van der Waals surface area (Å²) in [6.07, 6.45) is 0. The molecule has 0 fully saturated rings. The third kappa shape index (κ3) is 2.98. The Balaban J connectivity index is 3.79. The van der Waals surface area contributed by atoms with Gasteiger partial charge in [0, 0.05) is 0 Å². The van der Waals surface area contributed by atoms with E-state index in [9.17, 15) is 4.79 Å². The summed E-state index contributed by atoms with van der Waals surface area (Å²) in [4.78, 5) is 10.1. The monoisotopic (exact) mass is 298 g/mol. The maximum atomic E-state index is 10.1. The van der Waals surface area contributed by atoms with Crippen LogP contribution >= 0.6 is 0 Å². The van der Waals surface area contributed by atoms with E-state index in [0.717, 1.165) is 0 Å². The zero-order valence-corrected chi connectivity index (χ0v) is 8.92. The number of hydrogen-bond donors (Lipinski definition) is 1. The van der Waals surface area contributed by atoms with Gasteiger partial charge >= 0.3 is 57.6 Å². The van der Waals surface area contributed by atoms with Crippen LogP contribution in [0.5, 0.6) is 0 Å². The number of carbonyl (C=O) groups is 1. The second kappa shape index (κ2) is 2.08. The quantitative estimate of drug-likeness (QED) is 0.687. The van der Waals surface area contributed by atoms with Crippen LogP contribution in [0.1, 0.15) is 13.8 Å². The zero-order valence-electron chi connectivity index (χ0n) is 4.43. The molecule has 0 aromatic carbocycles. The molecule has 0 bridgehead atoms. The fourth-order valence-electron chi connectivity index (χ4n) is 0. The second-order valence-electron chi connectivity index (χ2n) is 2.03. The number of rotatable bonds is 1. The molecule has 7 heavy (non-hydrogen) atoms. The fraction of sp³-hybridized carbons (Fsp3) is 0.750. The van der Waals surface area contributed by atoms with Crippen molar-refractivity contribution >= 4 is 30.7 Å². The van der Waals surface area contributed by atoms with Gasteiger partial charge in [-0.2, -0.15) is 0 Å². The van der Waals surface area contributed by atoms with Crippen LogP contribution in [0.15, 0.2) is 0 Å². The van der Waals surface area contributed by atoms with Gasteiger partial charge in [0.1, 0.15) is 0 Å². The molecule has 0 amide bonds. The maximum absolute atomic E-state index is 10.1. The Morgan fingerprint density at radius 3 is 1.86 bits per heavy atom. The van der Waals surface area contributed by atoms with E-state index in [2.05, 4.69) is 0 Å². The first-order chi connectivity index (χ1) is 2.94. The van der Waals surface area contributed by atoms with Crippen molar-refractivity contribution in [3.05, 3.63) is 0 Å². The third-order valence-electron chi connectivity index (χ3n) is 0.551. The normalized spacial score (nSPS) is 11.3. The summed E-state index contributed by atoms with van der Waals surface area (Å²) in [5.74, 6) is -0.683. The van der Waals surface area contributed by atoms with Gasteiger partial charge in [-0.25, -0.2) is 0 Å². The molecule has 0 spiro atoms. The Labute approximate surface area is 57.8 Å². The average molecular weight is 298 g/mol. The summed E-state index contributed by atoms with van der Waals surface area (Å²) in [6, 6.07) is 0. The molecule has 0 rings (SSSR count). The van der Waals surface area contributed by atoms with Gasteiger partial charge in [-0.15, -0.1) is 0 Å². The van der Waals surface area contributed by atoms with E-state index in [-0.39, 0.29) is 0 Å². The molecular formula is C4H9BiO2. The van der Waals surface area contributed by atoms with Gasteiger partial charge in [0.25, 0.3) is 0 Å². The predicted molar refractivity (Wildman–Crippen MR) is 30.2 cm³/mol. The molecular weight excluding hydrogens is 289 g/mol. The minimum absolute atomic E-state index is 0.417. The molecule has 0 aliphatic heterocycles. The van der Waals surface area contributed by atoms with E-state index >= 15 is 0 Å². The molecule has 0 atom stereocenters. The summed E-state index contributed by atoms with van der Waals surface area (Å²) in [5.41, 5.74) is 0. The first-order valence-corrected chi connectivity index (χ1v) is 4.21. The Bertz CT molecular complexity index is 82.2. The Hall–Kier alpha value is 0.353. The van der Waals surface area contributed by atoms with Crippen LogP contribution in [0.3, 0.4) is 0 Å². The van der Waals surface area contributed by atoms with Gasteiger partial charge < -0.3 is 0 Å². The van der Waals surface area contributed by atoms with Crippen LogP contribution in [0.4, 0.5) is 0 Å².